The molecule has 3 aromatic rings. The highest BCUT2D eigenvalue weighted by molar-refractivity contribution is 7.99. The molecule has 0 spiro atoms. The number of carbonyl (C=O) groups excluding carboxylic acids is 2. The van der Waals surface area contributed by atoms with Crippen molar-refractivity contribution in [2.75, 3.05) is 16.4 Å². The van der Waals surface area contributed by atoms with Crippen molar-refractivity contribution in [1.29, 1.82) is 0 Å². The highest BCUT2D eigenvalue weighted by atomic mass is 32.2. The van der Waals surface area contributed by atoms with Crippen LogP contribution >= 0.6 is 11.8 Å². The molecule has 0 bridgehead atoms. The van der Waals surface area contributed by atoms with E-state index in [0.717, 1.165) is 33.6 Å². The van der Waals surface area contributed by atoms with Crippen LogP contribution in [-0.4, -0.2) is 32.3 Å². The summed E-state index contributed by atoms with van der Waals surface area (Å²) in [5, 5.41) is 14.8. The first-order valence-electron chi connectivity index (χ1n) is 10.4. The Morgan fingerprint density at radius 1 is 0.875 bits per heavy atom. The summed E-state index contributed by atoms with van der Waals surface area (Å²) in [6.07, 6.45) is 0.103. The Kier molecular flexibility index (Phi) is 7.35. The number of nitrogens with zero attached hydrogens (tertiary/aromatic N) is 3. The Labute approximate surface area is 193 Å². The predicted molar refractivity (Wildman–Crippen MR) is 129 cm³/mol. The topological polar surface area (TPSA) is 88.9 Å². The highest BCUT2D eigenvalue weighted by Crippen LogP contribution is 2.23. The SMILES string of the molecule is Cc1ccc(NC(=O)Cc2nnc(SCC(=O)Nc3c(C)cc(C)cc3C)n2C)c(C)c1. The summed E-state index contributed by atoms with van der Waals surface area (Å²) in [5.41, 5.74) is 7.04. The van der Waals surface area contributed by atoms with Crippen molar-refractivity contribution in [3.8, 4) is 0 Å². The van der Waals surface area contributed by atoms with Crippen molar-refractivity contribution in [2.45, 2.75) is 46.2 Å². The van der Waals surface area contributed by atoms with Crippen molar-refractivity contribution in [1.82, 2.24) is 14.8 Å². The largest absolute Gasteiger partial charge is 0.325 e. The van der Waals surface area contributed by atoms with E-state index in [1.54, 1.807) is 11.6 Å². The van der Waals surface area contributed by atoms with Crippen LogP contribution in [0.3, 0.4) is 0 Å². The van der Waals surface area contributed by atoms with Gasteiger partial charge in [-0.15, -0.1) is 10.2 Å². The number of nitrogens with one attached hydrogen (secondary N) is 2. The maximum Gasteiger partial charge on any atom is 0.234 e. The number of aromatic nitrogens is 3. The van der Waals surface area contributed by atoms with Gasteiger partial charge in [-0.25, -0.2) is 0 Å². The minimum atomic E-state index is -0.160. The summed E-state index contributed by atoms with van der Waals surface area (Å²) in [5.74, 6) is 0.475. The van der Waals surface area contributed by atoms with Gasteiger partial charge >= 0.3 is 0 Å². The molecule has 0 aliphatic carbocycles. The molecule has 8 heteroatoms. The molecule has 0 atom stereocenters. The summed E-state index contributed by atoms with van der Waals surface area (Å²) in [6.45, 7) is 9.99. The van der Waals surface area contributed by atoms with E-state index in [4.69, 9.17) is 0 Å². The van der Waals surface area contributed by atoms with Crippen LogP contribution in [0.5, 0.6) is 0 Å². The average Bonchev–Trinajstić information content (AvgIpc) is 3.04. The van der Waals surface area contributed by atoms with E-state index in [1.807, 2.05) is 65.0 Å². The summed E-state index contributed by atoms with van der Waals surface area (Å²) in [4.78, 5) is 25.0. The van der Waals surface area contributed by atoms with Crippen molar-refractivity contribution in [2.24, 2.45) is 7.05 Å². The Bertz CT molecular complexity index is 1150. The third-order valence-corrected chi connectivity index (χ3v) is 6.19. The molecule has 0 saturated heterocycles. The van der Waals surface area contributed by atoms with Gasteiger partial charge in [-0.1, -0.05) is 47.2 Å². The lowest BCUT2D eigenvalue weighted by Crippen LogP contribution is -2.18. The van der Waals surface area contributed by atoms with Crippen LogP contribution in [-0.2, 0) is 23.1 Å². The normalized spacial score (nSPS) is 10.8. The van der Waals surface area contributed by atoms with Crippen molar-refractivity contribution < 1.29 is 9.59 Å². The maximum absolute atomic E-state index is 12.5. The zero-order valence-electron chi connectivity index (χ0n) is 19.4. The molecule has 0 radical (unpaired) electrons. The van der Waals surface area contributed by atoms with Gasteiger partial charge in [0.1, 0.15) is 5.82 Å². The molecule has 2 N–H and O–H groups in total. The summed E-state index contributed by atoms with van der Waals surface area (Å²) in [6, 6.07) is 9.99. The van der Waals surface area contributed by atoms with Gasteiger partial charge in [0.15, 0.2) is 5.16 Å². The van der Waals surface area contributed by atoms with E-state index in [2.05, 4.69) is 20.8 Å². The van der Waals surface area contributed by atoms with E-state index in [0.29, 0.717) is 11.0 Å². The number of benzene rings is 2. The number of thioether (sulfide) groups is 1. The standard InChI is InChI=1S/C24H29N5O2S/c1-14-7-8-19(16(3)9-14)25-21(30)12-20-27-28-24(29(20)6)32-13-22(31)26-23-17(4)10-15(2)11-18(23)5/h7-11H,12-13H2,1-6H3,(H,25,30)(H,26,31). The molecule has 1 heterocycles. The first kappa shape index (κ1) is 23.5. The van der Waals surface area contributed by atoms with Gasteiger partial charge in [-0.3, -0.25) is 9.59 Å². The summed E-state index contributed by atoms with van der Waals surface area (Å²) >= 11 is 1.29. The second-order valence-electron chi connectivity index (χ2n) is 8.11. The van der Waals surface area contributed by atoms with Gasteiger partial charge in [0.25, 0.3) is 0 Å². The lowest BCUT2D eigenvalue weighted by atomic mass is 10.1. The van der Waals surface area contributed by atoms with Crippen molar-refractivity contribution in [3.63, 3.8) is 0 Å². The molecule has 7 nitrogen and oxygen atoms in total. The zero-order chi connectivity index (χ0) is 23.4. The van der Waals surface area contributed by atoms with E-state index in [1.165, 1.54) is 17.3 Å². The van der Waals surface area contributed by atoms with E-state index in [-0.39, 0.29) is 24.0 Å². The van der Waals surface area contributed by atoms with Gasteiger partial charge < -0.3 is 15.2 Å². The summed E-state index contributed by atoms with van der Waals surface area (Å²) < 4.78 is 1.75. The third-order valence-electron chi connectivity index (χ3n) is 5.17. The quantitative estimate of drug-likeness (QED) is 0.524. The fourth-order valence-electron chi connectivity index (χ4n) is 3.60. The molecule has 168 valence electrons. The van der Waals surface area contributed by atoms with Crippen LogP contribution in [0.2, 0.25) is 0 Å². The smallest absolute Gasteiger partial charge is 0.234 e. The van der Waals surface area contributed by atoms with Crippen LogP contribution in [0.4, 0.5) is 11.4 Å². The molecule has 32 heavy (non-hydrogen) atoms. The van der Waals surface area contributed by atoms with Gasteiger partial charge in [0, 0.05) is 18.4 Å². The first-order chi connectivity index (χ1) is 15.1. The van der Waals surface area contributed by atoms with Crippen LogP contribution < -0.4 is 10.6 Å². The molecule has 0 unspecified atom stereocenters. The first-order valence-corrected chi connectivity index (χ1v) is 11.4. The van der Waals surface area contributed by atoms with Crippen molar-refractivity contribution in [3.05, 3.63) is 64.0 Å². The van der Waals surface area contributed by atoms with Gasteiger partial charge in [0.05, 0.1) is 12.2 Å². The second kappa shape index (κ2) is 9.99. The van der Waals surface area contributed by atoms with E-state index >= 15 is 0 Å². The molecular weight excluding hydrogens is 422 g/mol. The Morgan fingerprint density at radius 3 is 2.19 bits per heavy atom. The number of rotatable bonds is 7. The van der Waals surface area contributed by atoms with E-state index in [9.17, 15) is 9.59 Å². The number of carbonyl (C=O) groups is 2. The molecule has 2 amide bonds. The van der Waals surface area contributed by atoms with Crippen molar-refractivity contribution >= 4 is 35.0 Å². The third kappa shape index (κ3) is 5.76. The lowest BCUT2D eigenvalue weighted by molar-refractivity contribution is -0.116. The molecule has 0 fully saturated rings. The lowest BCUT2D eigenvalue weighted by Gasteiger charge is -2.12. The highest BCUT2D eigenvalue weighted by Gasteiger charge is 2.16. The number of aryl methyl sites for hydroxylation is 5. The Hall–Kier alpha value is -3.13. The monoisotopic (exact) mass is 451 g/mol. The number of hydrogen-bond donors (Lipinski definition) is 2. The van der Waals surface area contributed by atoms with Crippen LogP contribution in [0.15, 0.2) is 35.5 Å². The average molecular weight is 452 g/mol. The summed E-state index contributed by atoms with van der Waals surface area (Å²) in [7, 11) is 1.80. The predicted octanol–water partition coefficient (Wildman–Crippen LogP) is 4.27. The maximum atomic E-state index is 12.5. The second-order valence-corrected chi connectivity index (χ2v) is 9.05. The number of hydrogen-bond acceptors (Lipinski definition) is 5. The van der Waals surface area contributed by atoms with Crippen LogP contribution in [0.25, 0.3) is 0 Å². The Balaban J connectivity index is 1.57. The molecule has 1 aromatic heterocycles. The molecule has 0 aliphatic heterocycles. The number of anilines is 2. The van der Waals surface area contributed by atoms with E-state index < -0.39 is 0 Å². The minimum absolute atomic E-state index is 0.103. The van der Waals surface area contributed by atoms with Gasteiger partial charge in [-0.05, 0) is 57.4 Å². The zero-order valence-corrected chi connectivity index (χ0v) is 20.2. The number of amides is 2. The fourth-order valence-corrected chi connectivity index (χ4v) is 4.33. The molecule has 2 aromatic carbocycles. The van der Waals surface area contributed by atoms with Gasteiger partial charge in [0.2, 0.25) is 11.8 Å². The molecule has 0 aliphatic rings. The van der Waals surface area contributed by atoms with Crippen LogP contribution in [0.1, 0.15) is 33.6 Å². The fraction of sp³-hybridized carbons (Fsp3) is 0.333. The molecule has 0 saturated carbocycles. The molecular formula is C24H29N5O2S. The Morgan fingerprint density at radius 2 is 1.53 bits per heavy atom. The molecule has 3 rings (SSSR count). The van der Waals surface area contributed by atoms with Gasteiger partial charge in [-0.2, -0.15) is 0 Å². The van der Waals surface area contributed by atoms with Crippen LogP contribution in [0, 0.1) is 34.6 Å². The minimum Gasteiger partial charge on any atom is -0.325 e.